The number of likely N-dealkylation sites (tertiary alicyclic amines) is 1. The Labute approximate surface area is 100 Å². The second-order valence-corrected chi connectivity index (χ2v) is 4.51. The van der Waals surface area contributed by atoms with Crippen LogP contribution < -0.4 is 5.73 Å². The molecule has 0 spiro atoms. The van der Waals surface area contributed by atoms with Crippen LogP contribution in [0.15, 0.2) is 24.3 Å². The lowest BCUT2D eigenvalue weighted by atomic mass is 9.96. The number of hydrogen-bond donors (Lipinski definition) is 1. The Balaban J connectivity index is 2.05. The van der Waals surface area contributed by atoms with Crippen LogP contribution in [-0.2, 0) is 6.42 Å². The molecule has 1 unspecified atom stereocenters. The maximum absolute atomic E-state index is 12.8. The van der Waals surface area contributed by atoms with Crippen LogP contribution in [0.25, 0.3) is 0 Å². The topological polar surface area (TPSA) is 46.3 Å². The third-order valence-electron chi connectivity index (χ3n) is 3.29. The lowest BCUT2D eigenvalue weighted by Crippen LogP contribution is -2.47. The first-order valence-electron chi connectivity index (χ1n) is 5.97. The number of piperidine rings is 1. The Morgan fingerprint density at radius 2 is 2.06 bits per heavy atom. The molecule has 1 saturated heterocycles. The van der Waals surface area contributed by atoms with E-state index in [0.717, 1.165) is 37.8 Å². The molecule has 4 heteroatoms. The fourth-order valence-corrected chi connectivity index (χ4v) is 2.40. The van der Waals surface area contributed by atoms with Gasteiger partial charge in [0.2, 0.25) is 0 Å². The number of primary amides is 1. The highest BCUT2D eigenvalue weighted by atomic mass is 19.1. The molecule has 1 aromatic rings. The summed E-state index contributed by atoms with van der Waals surface area (Å²) in [6.45, 7) is 0.737. The molecule has 1 heterocycles. The second kappa shape index (κ2) is 5.17. The number of carbonyl (C=O) groups is 1. The summed E-state index contributed by atoms with van der Waals surface area (Å²) in [6, 6.07) is 6.25. The van der Waals surface area contributed by atoms with Crippen molar-refractivity contribution in [3.05, 3.63) is 35.6 Å². The summed E-state index contributed by atoms with van der Waals surface area (Å²) in [5.74, 6) is -0.232. The van der Waals surface area contributed by atoms with Gasteiger partial charge in [0.25, 0.3) is 0 Å². The first-order chi connectivity index (χ1) is 8.16. The Hall–Kier alpha value is -1.58. The van der Waals surface area contributed by atoms with Gasteiger partial charge in [0.15, 0.2) is 0 Å². The van der Waals surface area contributed by atoms with Gasteiger partial charge in [-0.1, -0.05) is 12.1 Å². The van der Waals surface area contributed by atoms with Crippen LogP contribution in [0.3, 0.4) is 0 Å². The molecule has 17 heavy (non-hydrogen) atoms. The van der Waals surface area contributed by atoms with Gasteiger partial charge in [-0.2, -0.15) is 0 Å². The molecule has 1 aromatic carbocycles. The van der Waals surface area contributed by atoms with Crippen LogP contribution in [0, 0.1) is 5.82 Å². The standard InChI is InChI=1S/C13H17FN2O/c14-11-6-4-10(5-7-11)9-12-3-1-2-8-16(12)13(15)17/h4-7,12H,1-3,8-9H2,(H2,15,17). The van der Waals surface area contributed by atoms with Crippen molar-refractivity contribution >= 4 is 6.03 Å². The minimum atomic E-state index is -0.350. The van der Waals surface area contributed by atoms with Crippen molar-refractivity contribution in [1.82, 2.24) is 4.90 Å². The van der Waals surface area contributed by atoms with E-state index in [1.54, 1.807) is 17.0 Å². The first-order valence-corrected chi connectivity index (χ1v) is 5.97. The van der Waals surface area contributed by atoms with Gasteiger partial charge in [0, 0.05) is 12.6 Å². The van der Waals surface area contributed by atoms with E-state index in [0.29, 0.717) is 0 Å². The molecule has 0 bridgehead atoms. The van der Waals surface area contributed by atoms with E-state index >= 15 is 0 Å². The molecule has 92 valence electrons. The molecule has 0 aliphatic carbocycles. The van der Waals surface area contributed by atoms with Crippen LogP contribution in [0.2, 0.25) is 0 Å². The molecule has 1 fully saturated rings. The maximum atomic E-state index is 12.8. The van der Waals surface area contributed by atoms with Gasteiger partial charge in [0.05, 0.1) is 0 Å². The Morgan fingerprint density at radius 3 is 2.71 bits per heavy atom. The summed E-state index contributed by atoms with van der Waals surface area (Å²) in [5, 5.41) is 0. The van der Waals surface area contributed by atoms with Crippen molar-refractivity contribution in [2.24, 2.45) is 5.73 Å². The largest absolute Gasteiger partial charge is 0.351 e. The summed E-state index contributed by atoms with van der Waals surface area (Å²) < 4.78 is 12.8. The number of urea groups is 1. The lowest BCUT2D eigenvalue weighted by molar-refractivity contribution is 0.159. The number of carbonyl (C=O) groups excluding carboxylic acids is 1. The summed E-state index contributed by atoms with van der Waals surface area (Å²) in [5.41, 5.74) is 6.41. The number of nitrogens with zero attached hydrogens (tertiary/aromatic N) is 1. The van der Waals surface area contributed by atoms with Crippen LogP contribution >= 0.6 is 0 Å². The third kappa shape index (κ3) is 2.96. The van der Waals surface area contributed by atoms with Crippen molar-refractivity contribution in [2.75, 3.05) is 6.54 Å². The smallest absolute Gasteiger partial charge is 0.315 e. The van der Waals surface area contributed by atoms with E-state index in [2.05, 4.69) is 0 Å². The normalized spacial score (nSPS) is 20.3. The molecular formula is C13H17FN2O. The molecule has 2 N–H and O–H groups in total. The van der Waals surface area contributed by atoms with E-state index in [-0.39, 0.29) is 17.9 Å². The average molecular weight is 236 g/mol. The third-order valence-corrected chi connectivity index (χ3v) is 3.29. The SMILES string of the molecule is NC(=O)N1CCCCC1Cc1ccc(F)cc1. The second-order valence-electron chi connectivity index (χ2n) is 4.51. The van der Waals surface area contributed by atoms with E-state index in [1.165, 1.54) is 12.1 Å². The molecule has 0 radical (unpaired) electrons. The minimum Gasteiger partial charge on any atom is -0.351 e. The average Bonchev–Trinajstić information content (AvgIpc) is 2.32. The zero-order valence-corrected chi connectivity index (χ0v) is 9.73. The predicted molar refractivity (Wildman–Crippen MR) is 64.0 cm³/mol. The Kier molecular flexibility index (Phi) is 3.61. The zero-order valence-electron chi connectivity index (χ0n) is 9.73. The van der Waals surface area contributed by atoms with Crippen LogP contribution in [0.1, 0.15) is 24.8 Å². The summed E-state index contributed by atoms with van der Waals surface area (Å²) in [7, 11) is 0. The fourth-order valence-electron chi connectivity index (χ4n) is 2.40. The highest BCUT2D eigenvalue weighted by Gasteiger charge is 2.24. The molecular weight excluding hydrogens is 219 g/mol. The van der Waals surface area contributed by atoms with Gasteiger partial charge >= 0.3 is 6.03 Å². The van der Waals surface area contributed by atoms with Crippen molar-refractivity contribution in [3.8, 4) is 0 Å². The minimum absolute atomic E-state index is 0.159. The van der Waals surface area contributed by atoms with Gasteiger partial charge in [-0.05, 0) is 43.4 Å². The molecule has 0 aromatic heterocycles. The van der Waals surface area contributed by atoms with Gasteiger partial charge < -0.3 is 10.6 Å². The van der Waals surface area contributed by atoms with Crippen LogP contribution in [0.4, 0.5) is 9.18 Å². The quantitative estimate of drug-likeness (QED) is 0.841. The summed E-state index contributed by atoms with van der Waals surface area (Å²) in [4.78, 5) is 13.0. The molecule has 3 nitrogen and oxygen atoms in total. The van der Waals surface area contributed by atoms with Crippen molar-refractivity contribution < 1.29 is 9.18 Å². The first kappa shape index (κ1) is 11.9. The number of halogens is 1. The Bertz CT molecular complexity index is 391. The van der Waals surface area contributed by atoms with E-state index in [9.17, 15) is 9.18 Å². The number of nitrogens with two attached hydrogens (primary N) is 1. The molecule has 1 atom stereocenters. The maximum Gasteiger partial charge on any atom is 0.315 e. The molecule has 2 amide bonds. The van der Waals surface area contributed by atoms with E-state index in [4.69, 9.17) is 5.73 Å². The molecule has 2 rings (SSSR count). The monoisotopic (exact) mass is 236 g/mol. The van der Waals surface area contributed by atoms with Gasteiger partial charge in [0.1, 0.15) is 5.82 Å². The Morgan fingerprint density at radius 1 is 1.35 bits per heavy atom. The van der Waals surface area contributed by atoms with Gasteiger partial charge in [-0.15, -0.1) is 0 Å². The molecule has 1 aliphatic rings. The van der Waals surface area contributed by atoms with E-state index in [1.807, 2.05) is 0 Å². The number of hydrogen-bond acceptors (Lipinski definition) is 1. The lowest BCUT2D eigenvalue weighted by Gasteiger charge is -2.34. The zero-order chi connectivity index (χ0) is 12.3. The summed E-state index contributed by atoms with van der Waals surface area (Å²) >= 11 is 0. The van der Waals surface area contributed by atoms with Gasteiger partial charge in [-0.3, -0.25) is 0 Å². The van der Waals surface area contributed by atoms with Crippen LogP contribution in [-0.4, -0.2) is 23.5 Å². The van der Waals surface area contributed by atoms with Gasteiger partial charge in [-0.25, -0.2) is 9.18 Å². The number of benzene rings is 1. The fraction of sp³-hybridized carbons (Fsp3) is 0.462. The van der Waals surface area contributed by atoms with Crippen LogP contribution in [0.5, 0.6) is 0 Å². The van der Waals surface area contributed by atoms with Crippen molar-refractivity contribution in [2.45, 2.75) is 31.7 Å². The molecule has 0 saturated carbocycles. The van der Waals surface area contributed by atoms with E-state index < -0.39 is 0 Å². The highest BCUT2D eigenvalue weighted by Crippen LogP contribution is 2.20. The number of rotatable bonds is 2. The van der Waals surface area contributed by atoms with Crippen molar-refractivity contribution in [3.63, 3.8) is 0 Å². The molecule has 1 aliphatic heterocycles. The van der Waals surface area contributed by atoms with Crippen molar-refractivity contribution in [1.29, 1.82) is 0 Å². The summed E-state index contributed by atoms with van der Waals surface area (Å²) in [6.07, 6.45) is 3.86. The number of amides is 2. The predicted octanol–water partition coefficient (Wildman–Crippen LogP) is 2.30. The highest BCUT2D eigenvalue weighted by molar-refractivity contribution is 5.72.